The summed E-state index contributed by atoms with van der Waals surface area (Å²) in [5.74, 6) is 1.03. The lowest BCUT2D eigenvalue weighted by molar-refractivity contribution is 0.394. The third-order valence-corrected chi connectivity index (χ3v) is 4.37. The quantitative estimate of drug-likeness (QED) is 0.924. The molecule has 1 saturated carbocycles. The van der Waals surface area contributed by atoms with Crippen LogP contribution in [0.1, 0.15) is 37.8 Å². The largest absolute Gasteiger partial charge is 0.496 e. The SMILES string of the molecule is CCc1cc(Br)cc(C2(C(C)N)CC2)c1OC. The van der Waals surface area contributed by atoms with Gasteiger partial charge in [0.15, 0.2) is 0 Å². The van der Waals surface area contributed by atoms with Gasteiger partial charge in [-0.2, -0.15) is 0 Å². The van der Waals surface area contributed by atoms with Crippen molar-refractivity contribution in [3.05, 3.63) is 27.7 Å². The molecule has 0 heterocycles. The van der Waals surface area contributed by atoms with Crippen molar-refractivity contribution in [2.45, 2.75) is 44.6 Å². The molecule has 0 spiro atoms. The second-order valence-electron chi connectivity index (χ2n) is 4.94. The second-order valence-corrected chi connectivity index (χ2v) is 5.86. The van der Waals surface area contributed by atoms with Crippen molar-refractivity contribution in [3.8, 4) is 5.75 Å². The first-order valence-corrected chi connectivity index (χ1v) is 6.97. The summed E-state index contributed by atoms with van der Waals surface area (Å²) in [5, 5.41) is 0. The Morgan fingerprint density at radius 3 is 2.53 bits per heavy atom. The van der Waals surface area contributed by atoms with Crippen molar-refractivity contribution in [1.29, 1.82) is 0 Å². The molecule has 1 aliphatic carbocycles. The highest BCUT2D eigenvalue weighted by Crippen LogP contribution is 2.54. The van der Waals surface area contributed by atoms with Crippen LogP contribution in [0.3, 0.4) is 0 Å². The highest BCUT2D eigenvalue weighted by atomic mass is 79.9. The highest BCUT2D eigenvalue weighted by molar-refractivity contribution is 9.10. The zero-order valence-corrected chi connectivity index (χ0v) is 12.3. The standard InChI is InChI=1S/C14H20BrNO/c1-4-10-7-11(15)8-12(13(10)17-3)14(5-6-14)9(2)16/h7-9H,4-6,16H2,1-3H3. The van der Waals surface area contributed by atoms with Crippen LogP contribution in [0.2, 0.25) is 0 Å². The summed E-state index contributed by atoms with van der Waals surface area (Å²) >= 11 is 3.59. The van der Waals surface area contributed by atoms with Gasteiger partial charge in [-0.25, -0.2) is 0 Å². The Balaban J connectivity index is 2.56. The minimum absolute atomic E-state index is 0.138. The molecule has 0 aliphatic heterocycles. The van der Waals surface area contributed by atoms with Gasteiger partial charge in [-0.15, -0.1) is 0 Å². The molecule has 0 aromatic heterocycles. The molecule has 2 N–H and O–H groups in total. The molecule has 0 saturated heterocycles. The smallest absolute Gasteiger partial charge is 0.125 e. The maximum absolute atomic E-state index is 6.16. The van der Waals surface area contributed by atoms with E-state index in [1.165, 1.54) is 24.0 Å². The summed E-state index contributed by atoms with van der Waals surface area (Å²) in [6.07, 6.45) is 3.31. The van der Waals surface area contributed by atoms with Crippen LogP contribution >= 0.6 is 15.9 Å². The number of methoxy groups -OCH3 is 1. The predicted molar refractivity (Wildman–Crippen MR) is 74.6 cm³/mol. The second kappa shape index (κ2) is 4.62. The minimum Gasteiger partial charge on any atom is -0.496 e. The summed E-state index contributed by atoms with van der Waals surface area (Å²) < 4.78 is 6.74. The number of halogens is 1. The molecule has 1 fully saturated rings. The molecule has 17 heavy (non-hydrogen) atoms. The van der Waals surface area contributed by atoms with E-state index >= 15 is 0 Å². The van der Waals surface area contributed by atoms with Crippen molar-refractivity contribution >= 4 is 15.9 Å². The number of hydrogen-bond donors (Lipinski definition) is 1. The van der Waals surface area contributed by atoms with E-state index < -0.39 is 0 Å². The number of aryl methyl sites for hydroxylation is 1. The molecule has 3 heteroatoms. The molecule has 1 aromatic carbocycles. The van der Waals surface area contributed by atoms with Crippen LogP contribution in [0.25, 0.3) is 0 Å². The first kappa shape index (κ1) is 12.9. The molecule has 0 amide bonds. The van der Waals surface area contributed by atoms with Gasteiger partial charge in [0.25, 0.3) is 0 Å². The van der Waals surface area contributed by atoms with E-state index in [1.54, 1.807) is 7.11 Å². The summed E-state index contributed by atoms with van der Waals surface area (Å²) in [6.45, 7) is 4.25. The molecule has 0 bridgehead atoms. The topological polar surface area (TPSA) is 35.2 Å². The minimum atomic E-state index is 0.138. The Kier molecular flexibility index (Phi) is 3.50. The van der Waals surface area contributed by atoms with E-state index in [-0.39, 0.29) is 11.5 Å². The van der Waals surface area contributed by atoms with Gasteiger partial charge in [-0.05, 0) is 43.9 Å². The van der Waals surface area contributed by atoms with Crippen LogP contribution in [0.5, 0.6) is 5.75 Å². The maximum Gasteiger partial charge on any atom is 0.125 e. The van der Waals surface area contributed by atoms with E-state index in [0.29, 0.717) is 0 Å². The van der Waals surface area contributed by atoms with Gasteiger partial charge in [0.05, 0.1) is 7.11 Å². The molecule has 94 valence electrons. The van der Waals surface area contributed by atoms with Gasteiger partial charge in [0, 0.05) is 21.5 Å². The number of benzene rings is 1. The third kappa shape index (κ3) is 2.11. The van der Waals surface area contributed by atoms with Crippen molar-refractivity contribution in [1.82, 2.24) is 0 Å². The van der Waals surface area contributed by atoms with Crippen LogP contribution in [0.4, 0.5) is 0 Å². The normalized spacial score (nSPS) is 18.9. The Labute approximate surface area is 112 Å². The van der Waals surface area contributed by atoms with Gasteiger partial charge in [-0.1, -0.05) is 22.9 Å². The van der Waals surface area contributed by atoms with Crippen molar-refractivity contribution < 1.29 is 4.74 Å². The molecular weight excluding hydrogens is 278 g/mol. The van der Waals surface area contributed by atoms with E-state index in [9.17, 15) is 0 Å². The molecular formula is C14H20BrNO. The first-order valence-electron chi connectivity index (χ1n) is 6.17. The van der Waals surface area contributed by atoms with Crippen molar-refractivity contribution in [2.75, 3.05) is 7.11 Å². The van der Waals surface area contributed by atoms with Crippen molar-refractivity contribution in [3.63, 3.8) is 0 Å². The lowest BCUT2D eigenvalue weighted by Gasteiger charge is -2.24. The third-order valence-electron chi connectivity index (χ3n) is 3.91. The Morgan fingerprint density at radius 2 is 2.12 bits per heavy atom. The number of rotatable bonds is 4. The Hall–Kier alpha value is -0.540. The molecule has 0 radical (unpaired) electrons. The van der Waals surface area contributed by atoms with Gasteiger partial charge in [-0.3, -0.25) is 0 Å². The van der Waals surface area contributed by atoms with Gasteiger partial charge < -0.3 is 10.5 Å². The van der Waals surface area contributed by atoms with Crippen LogP contribution in [0, 0.1) is 0 Å². The van der Waals surface area contributed by atoms with E-state index in [0.717, 1.165) is 16.6 Å². The maximum atomic E-state index is 6.16. The summed E-state index contributed by atoms with van der Waals surface area (Å²) in [6, 6.07) is 4.49. The molecule has 1 aliphatic rings. The van der Waals surface area contributed by atoms with E-state index in [2.05, 4.69) is 41.9 Å². The fourth-order valence-electron chi connectivity index (χ4n) is 2.63. The lowest BCUT2D eigenvalue weighted by atomic mass is 9.87. The van der Waals surface area contributed by atoms with Crippen LogP contribution in [-0.4, -0.2) is 13.2 Å². The molecule has 2 nitrogen and oxygen atoms in total. The molecule has 1 unspecified atom stereocenters. The van der Waals surface area contributed by atoms with Crippen LogP contribution in [0.15, 0.2) is 16.6 Å². The molecule has 2 rings (SSSR count). The average Bonchev–Trinajstić information content (AvgIpc) is 3.08. The van der Waals surface area contributed by atoms with Gasteiger partial charge in [0.1, 0.15) is 5.75 Å². The van der Waals surface area contributed by atoms with Gasteiger partial charge >= 0.3 is 0 Å². The summed E-state index contributed by atoms with van der Waals surface area (Å²) in [7, 11) is 1.75. The van der Waals surface area contributed by atoms with Gasteiger partial charge in [0.2, 0.25) is 0 Å². The van der Waals surface area contributed by atoms with Crippen molar-refractivity contribution in [2.24, 2.45) is 5.73 Å². The number of ether oxygens (including phenoxy) is 1. The summed E-state index contributed by atoms with van der Waals surface area (Å²) in [5.41, 5.74) is 8.83. The van der Waals surface area contributed by atoms with E-state index in [1.807, 2.05) is 0 Å². The number of nitrogens with two attached hydrogens (primary N) is 1. The predicted octanol–water partition coefficient (Wildman–Crippen LogP) is 3.40. The lowest BCUT2D eigenvalue weighted by Crippen LogP contribution is -2.32. The highest BCUT2D eigenvalue weighted by Gasteiger charge is 2.49. The van der Waals surface area contributed by atoms with Crippen LogP contribution < -0.4 is 10.5 Å². The molecule has 1 atom stereocenters. The summed E-state index contributed by atoms with van der Waals surface area (Å²) in [4.78, 5) is 0. The average molecular weight is 298 g/mol. The van der Waals surface area contributed by atoms with E-state index in [4.69, 9.17) is 10.5 Å². The number of hydrogen-bond acceptors (Lipinski definition) is 2. The van der Waals surface area contributed by atoms with Crippen LogP contribution in [-0.2, 0) is 11.8 Å². The fourth-order valence-corrected chi connectivity index (χ4v) is 3.13. The fraction of sp³-hybridized carbons (Fsp3) is 0.571. The Morgan fingerprint density at radius 1 is 1.47 bits per heavy atom. The zero-order valence-electron chi connectivity index (χ0n) is 10.7. The first-order chi connectivity index (χ1) is 8.05. The Bertz CT molecular complexity index is 424. The zero-order chi connectivity index (χ0) is 12.6. The monoisotopic (exact) mass is 297 g/mol. The molecule has 1 aromatic rings.